The lowest BCUT2D eigenvalue weighted by atomic mass is 9.72. The van der Waals surface area contributed by atoms with Gasteiger partial charge in [0.1, 0.15) is 5.78 Å². The molecule has 4 aromatic carbocycles. The minimum absolute atomic E-state index is 0.0274. The maximum absolute atomic E-state index is 14.0. The van der Waals surface area contributed by atoms with Crippen molar-refractivity contribution in [3.8, 4) is 0 Å². The van der Waals surface area contributed by atoms with Gasteiger partial charge in [0.2, 0.25) is 0 Å². The van der Waals surface area contributed by atoms with E-state index < -0.39 is 0 Å². The van der Waals surface area contributed by atoms with Crippen LogP contribution in [0, 0.1) is 11.8 Å². The summed E-state index contributed by atoms with van der Waals surface area (Å²) in [6.07, 6.45) is 0. The molecule has 0 N–H and O–H groups in total. The minimum Gasteiger partial charge on any atom is -0.299 e. The molecule has 4 rings (SSSR count). The summed E-state index contributed by atoms with van der Waals surface area (Å²) in [6, 6.07) is 41.7. The molecule has 1 heteroatoms. The largest absolute Gasteiger partial charge is 0.299 e. The maximum Gasteiger partial charge on any atom is 0.140 e. The van der Waals surface area contributed by atoms with Crippen LogP contribution in [0.1, 0.15) is 47.9 Å². The van der Waals surface area contributed by atoms with Crippen molar-refractivity contribution in [1.82, 2.24) is 0 Å². The van der Waals surface area contributed by atoms with Gasteiger partial charge in [-0.1, -0.05) is 135 Å². The Kier molecular flexibility index (Phi) is 6.97. The molecule has 0 spiro atoms. The highest BCUT2D eigenvalue weighted by Gasteiger charge is 2.34. The Balaban J connectivity index is 1.71. The number of benzene rings is 4. The van der Waals surface area contributed by atoms with Crippen molar-refractivity contribution in [1.29, 1.82) is 0 Å². The molecular formula is C31H30O. The molecule has 0 fully saturated rings. The fourth-order valence-electron chi connectivity index (χ4n) is 4.92. The summed E-state index contributed by atoms with van der Waals surface area (Å²) < 4.78 is 0. The molecule has 160 valence electrons. The SMILES string of the molecule is CC(C(=O)C(C)C(c1ccccc1)c1ccccc1)C(c1ccccc1)c1ccccc1. The summed E-state index contributed by atoms with van der Waals surface area (Å²) in [7, 11) is 0. The number of rotatable bonds is 8. The Bertz CT molecular complexity index is 934. The zero-order valence-corrected chi connectivity index (χ0v) is 18.8. The first-order chi connectivity index (χ1) is 15.7. The molecule has 0 aromatic heterocycles. The highest BCUT2D eigenvalue weighted by atomic mass is 16.1. The third-order valence-electron chi connectivity index (χ3n) is 6.53. The van der Waals surface area contributed by atoms with Crippen LogP contribution < -0.4 is 0 Å². The molecule has 0 heterocycles. The van der Waals surface area contributed by atoms with Crippen LogP contribution in [0.2, 0.25) is 0 Å². The lowest BCUT2D eigenvalue weighted by Gasteiger charge is -2.30. The Morgan fingerprint density at radius 3 is 0.875 bits per heavy atom. The number of carbonyl (C=O) groups excluding carboxylic acids is 1. The zero-order chi connectivity index (χ0) is 22.3. The fraction of sp³-hybridized carbons (Fsp3) is 0.194. The number of carbonyl (C=O) groups is 1. The summed E-state index contributed by atoms with van der Waals surface area (Å²) in [5.41, 5.74) is 4.73. The molecule has 0 aliphatic rings. The first kappa shape index (κ1) is 21.8. The smallest absolute Gasteiger partial charge is 0.140 e. The van der Waals surface area contributed by atoms with Crippen LogP contribution in [0.5, 0.6) is 0 Å². The first-order valence-electron chi connectivity index (χ1n) is 11.4. The molecule has 2 unspecified atom stereocenters. The molecule has 2 atom stereocenters. The summed E-state index contributed by atoms with van der Waals surface area (Å²) in [4.78, 5) is 14.0. The predicted octanol–water partition coefficient (Wildman–Crippen LogP) is 7.49. The molecule has 0 amide bonds. The van der Waals surface area contributed by atoms with Crippen molar-refractivity contribution in [2.24, 2.45) is 11.8 Å². The summed E-state index contributed by atoms with van der Waals surface area (Å²) in [5, 5.41) is 0. The number of hydrogen-bond donors (Lipinski definition) is 0. The van der Waals surface area contributed by atoms with E-state index in [9.17, 15) is 4.79 Å². The Hall–Kier alpha value is -3.45. The highest BCUT2D eigenvalue weighted by Crippen LogP contribution is 2.39. The molecule has 4 aromatic rings. The normalized spacial score (nSPS) is 13.1. The monoisotopic (exact) mass is 418 g/mol. The van der Waals surface area contributed by atoms with Gasteiger partial charge in [-0.05, 0) is 22.3 Å². The van der Waals surface area contributed by atoms with Crippen molar-refractivity contribution >= 4 is 5.78 Å². The third kappa shape index (κ3) is 4.73. The van der Waals surface area contributed by atoms with Crippen molar-refractivity contribution in [3.63, 3.8) is 0 Å². The predicted molar refractivity (Wildman–Crippen MR) is 133 cm³/mol. The minimum atomic E-state index is -0.148. The second kappa shape index (κ2) is 10.2. The average Bonchev–Trinajstić information content (AvgIpc) is 2.86. The average molecular weight is 419 g/mol. The summed E-state index contributed by atoms with van der Waals surface area (Å²) >= 11 is 0. The molecule has 0 aliphatic carbocycles. The van der Waals surface area contributed by atoms with Crippen molar-refractivity contribution < 1.29 is 4.79 Å². The van der Waals surface area contributed by atoms with Gasteiger partial charge in [-0.15, -0.1) is 0 Å². The van der Waals surface area contributed by atoms with E-state index in [0.717, 1.165) is 0 Å². The van der Waals surface area contributed by atoms with Crippen LogP contribution in [0.15, 0.2) is 121 Å². The lowest BCUT2D eigenvalue weighted by molar-refractivity contribution is -0.126. The van der Waals surface area contributed by atoms with Crippen LogP contribution in [-0.4, -0.2) is 5.78 Å². The zero-order valence-electron chi connectivity index (χ0n) is 18.8. The lowest BCUT2D eigenvalue weighted by Crippen LogP contribution is -2.30. The van der Waals surface area contributed by atoms with E-state index in [2.05, 4.69) is 111 Å². The van der Waals surface area contributed by atoms with Gasteiger partial charge in [-0.3, -0.25) is 4.79 Å². The first-order valence-corrected chi connectivity index (χ1v) is 11.4. The summed E-state index contributed by atoms with van der Waals surface area (Å²) in [6.45, 7) is 4.19. The van der Waals surface area contributed by atoms with E-state index in [1.54, 1.807) is 0 Å². The molecule has 0 radical (unpaired) electrons. The number of hydrogen-bond acceptors (Lipinski definition) is 1. The Morgan fingerprint density at radius 2 is 0.656 bits per heavy atom. The molecule has 0 bridgehead atoms. The fourth-order valence-corrected chi connectivity index (χ4v) is 4.92. The van der Waals surface area contributed by atoms with Gasteiger partial charge in [-0.25, -0.2) is 0 Å². The van der Waals surface area contributed by atoms with E-state index in [-0.39, 0.29) is 23.7 Å². The van der Waals surface area contributed by atoms with Gasteiger partial charge in [0.15, 0.2) is 0 Å². The van der Waals surface area contributed by atoms with Crippen LogP contribution in [0.4, 0.5) is 0 Å². The Morgan fingerprint density at radius 1 is 0.438 bits per heavy atom. The molecular weight excluding hydrogens is 388 g/mol. The van der Waals surface area contributed by atoms with Crippen LogP contribution in [-0.2, 0) is 4.79 Å². The van der Waals surface area contributed by atoms with Gasteiger partial charge >= 0.3 is 0 Å². The van der Waals surface area contributed by atoms with Crippen LogP contribution in [0.3, 0.4) is 0 Å². The van der Waals surface area contributed by atoms with Gasteiger partial charge < -0.3 is 0 Å². The number of ketones is 1. The van der Waals surface area contributed by atoms with Gasteiger partial charge in [0.05, 0.1) is 0 Å². The van der Waals surface area contributed by atoms with E-state index in [1.807, 2.05) is 24.3 Å². The Labute approximate surface area is 191 Å². The molecule has 0 saturated carbocycles. The van der Waals surface area contributed by atoms with Crippen LogP contribution >= 0.6 is 0 Å². The number of Topliss-reactive ketones (excluding diaryl/α,β-unsaturated/α-hetero) is 1. The van der Waals surface area contributed by atoms with Crippen LogP contribution in [0.25, 0.3) is 0 Å². The quantitative estimate of drug-likeness (QED) is 0.290. The van der Waals surface area contributed by atoms with Crippen molar-refractivity contribution in [3.05, 3.63) is 144 Å². The third-order valence-corrected chi connectivity index (χ3v) is 6.53. The van der Waals surface area contributed by atoms with E-state index >= 15 is 0 Å². The molecule has 0 aliphatic heterocycles. The van der Waals surface area contributed by atoms with Crippen molar-refractivity contribution in [2.75, 3.05) is 0 Å². The summed E-state index contributed by atoms with van der Waals surface area (Å²) in [5.74, 6) is 0.0500. The molecule has 1 nitrogen and oxygen atoms in total. The van der Waals surface area contributed by atoms with Crippen molar-refractivity contribution in [2.45, 2.75) is 25.7 Å². The van der Waals surface area contributed by atoms with E-state index in [1.165, 1.54) is 22.3 Å². The molecule has 0 saturated heterocycles. The van der Waals surface area contributed by atoms with Gasteiger partial charge in [0, 0.05) is 23.7 Å². The highest BCUT2D eigenvalue weighted by molar-refractivity contribution is 5.85. The second-order valence-corrected chi connectivity index (χ2v) is 8.58. The van der Waals surface area contributed by atoms with E-state index in [0.29, 0.717) is 5.78 Å². The second-order valence-electron chi connectivity index (χ2n) is 8.58. The van der Waals surface area contributed by atoms with E-state index in [4.69, 9.17) is 0 Å². The topological polar surface area (TPSA) is 17.1 Å². The van der Waals surface area contributed by atoms with Gasteiger partial charge in [-0.2, -0.15) is 0 Å². The van der Waals surface area contributed by atoms with Gasteiger partial charge in [0.25, 0.3) is 0 Å². The maximum atomic E-state index is 14.0. The molecule has 32 heavy (non-hydrogen) atoms. The standard InChI is InChI=1S/C31H30O/c1-23(29(25-15-7-3-8-16-25)26-17-9-4-10-18-26)31(32)24(2)30(27-19-11-5-12-20-27)28-21-13-6-14-22-28/h3-24,29-30H,1-2H3.